The highest BCUT2D eigenvalue weighted by molar-refractivity contribution is 7.18. The number of imidazole rings is 1. The van der Waals surface area contributed by atoms with Crippen molar-refractivity contribution in [3.8, 4) is 10.4 Å². The molecule has 1 saturated heterocycles. The van der Waals surface area contributed by atoms with Gasteiger partial charge in [0.15, 0.2) is 0 Å². The number of thiophene rings is 1. The Morgan fingerprint density at radius 2 is 1.85 bits per heavy atom. The van der Waals surface area contributed by atoms with Gasteiger partial charge >= 0.3 is 12.1 Å². The number of halogens is 4. The summed E-state index contributed by atoms with van der Waals surface area (Å²) >= 11 is 7.05. The van der Waals surface area contributed by atoms with E-state index in [4.69, 9.17) is 21.2 Å². The number of anilines is 3. The number of morpholine rings is 1. The summed E-state index contributed by atoms with van der Waals surface area (Å²) < 4.78 is 44.7. The number of aromatic amines is 1. The number of nitrogens with one attached hydrogen (secondary N) is 1. The Labute approximate surface area is 228 Å². The van der Waals surface area contributed by atoms with Gasteiger partial charge in [-0.25, -0.2) is 9.78 Å². The van der Waals surface area contributed by atoms with E-state index < -0.39 is 24.7 Å². The molecular formula is C25H19ClF3N5O4S. The largest absolute Gasteiger partial charge is 0.493 e. The molecule has 14 heteroatoms. The minimum Gasteiger partial charge on any atom is -0.378 e. The standard InChI is InChI=1S/C25H19ClF3N5O4S/c26-15-3-1-14(2-4-15)20-12-19-21(39-20)22(35)33(13-34(19)38-23(36)25(27,28)29)16-5-6-17-18(11-16)31-24(30-17)32-7-9-37-10-8-32/h1-6,11-12H,7-10,13H2,(H,30,31). The summed E-state index contributed by atoms with van der Waals surface area (Å²) in [6, 6.07) is 13.4. The predicted molar refractivity (Wildman–Crippen MR) is 140 cm³/mol. The zero-order chi connectivity index (χ0) is 27.3. The van der Waals surface area contributed by atoms with E-state index in [1.54, 1.807) is 42.5 Å². The smallest absolute Gasteiger partial charge is 0.378 e. The maximum absolute atomic E-state index is 13.6. The molecule has 0 radical (unpaired) electrons. The number of nitrogens with zero attached hydrogens (tertiary/aromatic N) is 4. The summed E-state index contributed by atoms with van der Waals surface area (Å²) in [7, 11) is 0. The molecular weight excluding hydrogens is 559 g/mol. The van der Waals surface area contributed by atoms with Crippen LogP contribution in [0.25, 0.3) is 21.5 Å². The topological polar surface area (TPSA) is 91.0 Å². The number of hydroxylamine groups is 1. The van der Waals surface area contributed by atoms with Gasteiger partial charge in [-0.1, -0.05) is 23.7 Å². The third-order valence-electron chi connectivity index (χ3n) is 6.32. The number of H-pyrrole nitrogens is 1. The molecule has 4 heterocycles. The number of carbonyl (C=O) groups is 2. The highest BCUT2D eigenvalue weighted by Gasteiger charge is 2.45. The van der Waals surface area contributed by atoms with E-state index in [1.165, 1.54) is 11.0 Å². The lowest BCUT2D eigenvalue weighted by Gasteiger charge is -2.34. The van der Waals surface area contributed by atoms with Gasteiger partial charge in [-0.3, -0.25) is 9.69 Å². The van der Waals surface area contributed by atoms with Crippen LogP contribution in [0, 0.1) is 0 Å². The molecule has 4 aromatic rings. The highest BCUT2D eigenvalue weighted by atomic mass is 35.5. The molecule has 9 nitrogen and oxygen atoms in total. The molecule has 1 fully saturated rings. The molecule has 2 aromatic carbocycles. The highest BCUT2D eigenvalue weighted by Crippen LogP contribution is 2.42. The Balaban J connectivity index is 1.37. The van der Waals surface area contributed by atoms with Gasteiger partial charge in [0.2, 0.25) is 5.95 Å². The summed E-state index contributed by atoms with van der Waals surface area (Å²) in [6.07, 6.45) is -5.22. The molecule has 1 N–H and O–H groups in total. The van der Waals surface area contributed by atoms with Gasteiger partial charge < -0.3 is 19.5 Å². The predicted octanol–water partition coefficient (Wildman–Crippen LogP) is 5.23. The lowest BCUT2D eigenvalue weighted by atomic mass is 10.1. The summed E-state index contributed by atoms with van der Waals surface area (Å²) in [6.45, 7) is 2.06. The van der Waals surface area contributed by atoms with Crippen LogP contribution in [0.4, 0.5) is 30.5 Å². The number of fused-ring (bicyclic) bond motifs is 2. The van der Waals surface area contributed by atoms with E-state index in [-0.39, 0.29) is 10.6 Å². The first kappa shape index (κ1) is 25.5. The number of carbonyl (C=O) groups excluding carboxylic acids is 2. The minimum atomic E-state index is -5.22. The van der Waals surface area contributed by atoms with Crippen molar-refractivity contribution in [2.45, 2.75) is 6.18 Å². The summed E-state index contributed by atoms with van der Waals surface area (Å²) in [4.78, 5) is 42.0. The molecule has 2 aliphatic rings. The van der Waals surface area contributed by atoms with Crippen LogP contribution in [0.1, 0.15) is 9.67 Å². The maximum Gasteiger partial charge on any atom is 0.493 e. The normalized spacial score (nSPS) is 16.1. The van der Waals surface area contributed by atoms with Crippen LogP contribution in [0.3, 0.4) is 0 Å². The lowest BCUT2D eigenvalue weighted by molar-refractivity contribution is -0.201. The van der Waals surface area contributed by atoms with Gasteiger partial charge in [-0.2, -0.15) is 18.2 Å². The van der Waals surface area contributed by atoms with Crippen molar-refractivity contribution in [2.24, 2.45) is 0 Å². The Morgan fingerprint density at radius 1 is 1.10 bits per heavy atom. The number of hydrogen-bond donors (Lipinski definition) is 1. The molecule has 2 aliphatic heterocycles. The van der Waals surface area contributed by atoms with Crippen LogP contribution in [-0.4, -0.2) is 61.0 Å². The molecule has 0 unspecified atom stereocenters. The first-order valence-corrected chi connectivity index (χ1v) is 13.0. The van der Waals surface area contributed by atoms with Crippen LogP contribution in [0.2, 0.25) is 5.02 Å². The number of aromatic nitrogens is 2. The van der Waals surface area contributed by atoms with E-state index >= 15 is 0 Å². The summed E-state index contributed by atoms with van der Waals surface area (Å²) in [5.41, 5.74) is 2.45. The Kier molecular flexibility index (Phi) is 6.36. The van der Waals surface area contributed by atoms with E-state index in [1.807, 2.05) is 4.90 Å². The van der Waals surface area contributed by atoms with Crippen LogP contribution in [0.15, 0.2) is 48.5 Å². The molecule has 2 aromatic heterocycles. The van der Waals surface area contributed by atoms with Crippen molar-refractivity contribution in [3.63, 3.8) is 0 Å². The van der Waals surface area contributed by atoms with Gasteiger partial charge in [-0.15, -0.1) is 11.3 Å². The Hall–Kier alpha value is -3.81. The van der Waals surface area contributed by atoms with Gasteiger partial charge in [0, 0.05) is 28.7 Å². The summed E-state index contributed by atoms with van der Waals surface area (Å²) in [5.74, 6) is -2.18. The zero-order valence-corrected chi connectivity index (χ0v) is 21.6. The van der Waals surface area contributed by atoms with Crippen molar-refractivity contribution in [3.05, 3.63) is 58.4 Å². The number of alkyl halides is 3. The Bertz CT molecular complexity index is 1570. The number of amides is 1. The summed E-state index contributed by atoms with van der Waals surface area (Å²) in [5, 5.41) is 1.30. The van der Waals surface area contributed by atoms with Crippen molar-refractivity contribution in [1.29, 1.82) is 0 Å². The number of ether oxygens (including phenoxy) is 1. The lowest BCUT2D eigenvalue weighted by Crippen LogP contribution is -2.48. The quantitative estimate of drug-likeness (QED) is 0.355. The van der Waals surface area contributed by atoms with Gasteiger partial charge in [0.1, 0.15) is 17.2 Å². The molecule has 0 atom stereocenters. The van der Waals surface area contributed by atoms with Gasteiger partial charge in [-0.05, 0) is 42.0 Å². The second-order valence-electron chi connectivity index (χ2n) is 8.82. The molecule has 0 bridgehead atoms. The van der Waals surface area contributed by atoms with E-state index in [0.717, 1.165) is 21.9 Å². The van der Waals surface area contributed by atoms with Crippen molar-refractivity contribution in [1.82, 2.24) is 9.97 Å². The van der Waals surface area contributed by atoms with Crippen LogP contribution in [0.5, 0.6) is 0 Å². The number of benzene rings is 2. The monoisotopic (exact) mass is 577 g/mol. The van der Waals surface area contributed by atoms with E-state index in [2.05, 4.69) is 9.97 Å². The third-order valence-corrected chi connectivity index (χ3v) is 7.73. The number of rotatable bonds is 4. The Morgan fingerprint density at radius 3 is 2.56 bits per heavy atom. The molecule has 0 saturated carbocycles. The average molecular weight is 578 g/mol. The average Bonchev–Trinajstić information content (AvgIpc) is 3.56. The van der Waals surface area contributed by atoms with Gasteiger partial charge in [0.25, 0.3) is 5.91 Å². The fourth-order valence-corrected chi connectivity index (χ4v) is 5.60. The molecule has 0 aliphatic carbocycles. The van der Waals surface area contributed by atoms with E-state index in [0.29, 0.717) is 58.9 Å². The molecule has 1 amide bonds. The maximum atomic E-state index is 13.6. The van der Waals surface area contributed by atoms with Crippen molar-refractivity contribution >= 4 is 63.2 Å². The van der Waals surface area contributed by atoms with Crippen LogP contribution < -0.4 is 14.9 Å². The van der Waals surface area contributed by atoms with Crippen LogP contribution >= 0.6 is 22.9 Å². The molecule has 39 heavy (non-hydrogen) atoms. The zero-order valence-electron chi connectivity index (χ0n) is 20.0. The third kappa shape index (κ3) is 4.88. The van der Waals surface area contributed by atoms with Crippen LogP contribution in [-0.2, 0) is 14.4 Å². The van der Waals surface area contributed by atoms with E-state index in [9.17, 15) is 22.8 Å². The van der Waals surface area contributed by atoms with Gasteiger partial charge in [0.05, 0.1) is 24.2 Å². The van der Waals surface area contributed by atoms with Crippen molar-refractivity contribution < 1.29 is 32.3 Å². The second kappa shape index (κ2) is 9.74. The number of hydrogen-bond acceptors (Lipinski definition) is 8. The fourth-order valence-electron chi connectivity index (χ4n) is 4.37. The fraction of sp³-hybridized carbons (Fsp3) is 0.240. The van der Waals surface area contributed by atoms with Crippen molar-refractivity contribution in [2.75, 3.05) is 47.8 Å². The molecule has 0 spiro atoms. The second-order valence-corrected chi connectivity index (χ2v) is 10.3. The first-order chi connectivity index (χ1) is 18.7. The first-order valence-electron chi connectivity index (χ1n) is 11.8. The SMILES string of the molecule is O=C1c2sc(-c3ccc(Cl)cc3)cc2N(OC(=O)C(F)(F)F)CN1c1ccc2[nH]c(N3CCOCC3)nc2c1. The minimum absolute atomic E-state index is 0.0688. The molecule has 202 valence electrons. The molecule has 6 rings (SSSR count).